The molecule has 1 aromatic rings. The monoisotopic (exact) mass is 472 g/mol. The molecule has 0 saturated carbocycles. The first-order chi connectivity index (χ1) is 15.2. The number of nitrogens with one attached hydrogen (secondary N) is 1. The summed E-state index contributed by atoms with van der Waals surface area (Å²) in [7, 11) is -2.34. The predicted octanol–water partition coefficient (Wildman–Crippen LogP) is 1.19. The van der Waals surface area contributed by atoms with Crippen molar-refractivity contribution >= 4 is 16.1 Å². The Morgan fingerprint density at radius 1 is 1.25 bits per heavy atom. The quantitative estimate of drug-likeness (QED) is 0.521. The van der Waals surface area contributed by atoms with Crippen LogP contribution in [0.15, 0.2) is 29.2 Å². The Hall–Kier alpha value is -1.92. The molecule has 3 rings (SSSR count). The van der Waals surface area contributed by atoms with E-state index in [-0.39, 0.29) is 49.3 Å². The van der Waals surface area contributed by atoms with E-state index in [4.69, 9.17) is 18.9 Å². The number of carbonyl (C=O) groups excluding carboxylic acids is 1. The topological polar surface area (TPSA) is 124 Å². The lowest BCUT2D eigenvalue weighted by Crippen LogP contribution is -2.44. The van der Waals surface area contributed by atoms with Crippen LogP contribution < -0.4 is 10.1 Å². The van der Waals surface area contributed by atoms with E-state index >= 15 is 0 Å². The van der Waals surface area contributed by atoms with Crippen molar-refractivity contribution in [1.29, 1.82) is 0 Å². The molecule has 2 saturated heterocycles. The van der Waals surface area contributed by atoms with Crippen LogP contribution in [0.4, 0.5) is 4.79 Å². The molecule has 2 aliphatic heterocycles. The van der Waals surface area contributed by atoms with Crippen LogP contribution in [0.5, 0.6) is 5.75 Å². The highest BCUT2D eigenvalue weighted by atomic mass is 32.2. The first kappa shape index (κ1) is 24.7. The van der Waals surface area contributed by atoms with Crippen molar-refractivity contribution in [3.8, 4) is 5.75 Å². The maximum atomic E-state index is 13.1. The highest BCUT2D eigenvalue weighted by molar-refractivity contribution is 7.89. The van der Waals surface area contributed by atoms with Crippen LogP contribution in [-0.4, -0.2) is 82.4 Å². The maximum absolute atomic E-state index is 13.1. The summed E-state index contributed by atoms with van der Waals surface area (Å²) in [5, 5.41) is 13.0. The largest absolute Gasteiger partial charge is 0.497 e. The van der Waals surface area contributed by atoms with Crippen LogP contribution >= 0.6 is 0 Å². The van der Waals surface area contributed by atoms with Crippen molar-refractivity contribution in [3.63, 3.8) is 0 Å². The molecule has 2 N–H and O–H groups in total. The van der Waals surface area contributed by atoms with Crippen molar-refractivity contribution in [3.05, 3.63) is 24.3 Å². The highest BCUT2D eigenvalue weighted by Crippen LogP contribution is 2.32. The average Bonchev–Trinajstić information content (AvgIpc) is 3.37. The van der Waals surface area contributed by atoms with Gasteiger partial charge in [-0.1, -0.05) is 13.8 Å². The van der Waals surface area contributed by atoms with E-state index in [0.29, 0.717) is 12.4 Å². The van der Waals surface area contributed by atoms with Crippen LogP contribution in [0, 0.1) is 11.8 Å². The number of alkyl carbamates (subject to hydrolysis) is 1. The molecule has 2 aliphatic rings. The number of fused-ring (bicyclic) bond motifs is 1. The van der Waals surface area contributed by atoms with Crippen LogP contribution in [0.2, 0.25) is 0 Å². The zero-order chi connectivity index (χ0) is 23.3. The molecular formula is C21H32N2O8S. The van der Waals surface area contributed by atoms with Gasteiger partial charge >= 0.3 is 6.09 Å². The number of hydrogen-bond acceptors (Lipinski definition) is 8. The smallest absolute Gasteiger partial charge is 0.407 e. The van der Waals surface area contributed by atoms with Gasteiger partial charge < -0.3 is 29.4 Å². The van der Waals surface area contributed by atoms with Crippen molar-refractivity contribution < 1.29 is 37.3 Å². The van der Waals surface area contributed by atoms with Crippen molar-refractivity contribution in [2.24, 2.45) is 11.8 Å². The van der Waals surface area contributed by atoms with Gasteiger partial charge in [-0.2, -0.15) is 4.31 Å². The summed E-state index contributed by atoms with van der Waals surface area (Å²) in [5.41, 5.74) is 0. The summed E-state index contributed by atoms with van der Waals surface area (Å²) in [5.74, 6) is 0.601. The lowest BCUT2D eigenvalue weighted by molar-refractivity contribution is -0.0907. The Labute approximate surface area is 188 Å². The predicted molar refractivity (Wildman–Crippen MR) is 115 cm³/mol. The molecule has 1 amide bonds. The zero-order valence-electron chi connectivity index (χ0n) is 18.6. The fourth-order valence-corrected chi connectivity index (χ4v) is 5.44. The number of hydrogen-bond donors (Lipinski definition) is 2. The molecule has 32 heavy (non-hydrogen) atoms. The maximum Gasteiger partial charge on any atom is 0.407 e. The number of carbonyl (C=O) groups is 1. The minimum atomic E-state index is -3.84. The molecule has 0 aromatic heterocycles. The van der Waals surface area contributed by atoms with Crippen molar-refractivity contribution in [2.45, 2.75) is 43.7 Å². The lowest BCUT2D eigenvalue weighted by atomic mass is 10.0. The van der Waals surface area contributed by atoms with Crippen LogP contribution in [0.3, 0.4) is 0 Å². The number of ether oxygens (including phenoxy) is 4. The number of rotatable bonds is 10. The molecule has 0 bridgehead atoms. The molecule has 0 unspecified atom stereocenters. The Kier molecular flexibility index (Phi) is 8.34. The number of sulfonamides is 1. The van der Waals surface area contributed by atoms with Crippen LogP contribution in [0.25, 0.3) is 0 Å². The van der Waals surface area contributed by atoms with Gasteiger partial charge in [0.05, 0.1) is 37.2 Å². The SMILES string of the molecule is COc1ccc(S(=O)(=O)N(CC(C)C)C[C@@H](O)CNC(=O)O[C@H]2CO[C@H]3OCC[C@H]32)cc1. The molecule has 0 spiro atoms. The van der Waals surface area contributed by atoms with Gasteiger partial charge in [0.1, 0.15) is 11.9 Å². The summed E-state index contributed by atoms with van der Waals surface area (Å²) in [6, 6.07) is 6.07. The van der Waals surface area contributed by atoms with E-state index in [9.17, 15) is 18.3 Å². The van der Waals surface area contributed by atoms with E-state index < -0.39 is 28.3 Å². The molecule has 4 atom stereocenters. The highest BCUT2D eigenvalue weighted by Gasteiger charge is 2.43. The molecular weight excluding hydrogens is 440 g/mol. The van der Waals surface area contributed by atoms with Crippen LogP contribution in [-0.2, 0) is 24.2 Å². The number of methoxy groups -OCH3 is 1. The molecule has 11 heteroatoms. The number of amides is 1. The Morgan fingerprint density at radius 3 is 2.62 bits per heavy atom. The summed E-state index contributed by atoms with van der Waals surface area (Å²) in [6.45, 7) is 4.53. The third-order valence-corrected chi connectivity index (χ3v) is 7.25. The average molecular weight is 473 g/mol. The first-order valence-corrected chi connectivity index (χ1v) is 12.1. The molecule has 2 fully saturated rings. The summed E-state index contributed by atoms with van der Waals surface area (Å²) >= 11 is 0. The third-order valence-electron chi connectivity index (χ3n) is 5.41. The second kappa shape index (κ2) is 10.8. The van der Waals surface area contributed by atoms with Crippen molar-refractivity contribution in [2.75, 3.05) is 40.0 Å². The minimum Gasteiger partial charge on any atom is -0.497 e. The Morgan fingerprint density at radius 2 is 1.97 bits per heavy atom. The summed E-state index contributed by atoms with van der Waals surface area (Å²) in [4.78, 5) is 12.3. The fraction of sp³-hybridized carbons (Fsp3) is 0.667. The van der Waals surface area contributed by atoms with E-state index in [1.807, 2.05) is 13.8 Å². The normalized spacial score (nSPS) is 23.9. The third kappa shape index (κ3) is 6.10. The van der Waals surface area contributed by atoms with Gasteiger partial charge in [0.2, 0.25) is 10.0 Å². The van der Waals surface area contributed by atoms with Gasteiger partial charge in [0.15, 0.2) is 6.29 Å². The summed E-state index contributed by atoms with van der Waals surface area (Å²) < 4.78 is 48.8. The number of aliphatic hydroxyl groups is 1. The summed E-state index contributed by atoms with van der Waals surface area (Å²) in [6.07, 6.45) is -1.76. The minimum absolute atomic E-state index is 0.0156. The fourth-order valence-electron chi connectivity index (χ4n) is 3.80. The van der Waals surface area contributed by atoms with Crippen LogP contribution in [0.1, 0.15) is 20.3 Å². The Balaban J connectivity index is 1.55. The number of benzene rings is 1. The first-order valence-electron chi connectivity index (χ1n) is 10.7. The van der Waals surface area contributed by atoms with Gasteiger partial charge in [0, 0.05) is 19.6 Å². The van der Waals surface area contributed by atoms with Gasteiger partial charge in [-0.15, -0.1) is 0 Å². The second-order valence-electron chi connectivity index (χ2n) is 8.39. The molecule has 0 aliphatic carbocycles. The molecule has 10 nitrogen and oxygen atoms in total. The van der Waals surface area contributed by atoms with E-state index in [1.165, 1.54) is 23.5 Å². The molecule has 0 radical (unpaired) electrons. The number of nitrogens with zero attached hydrogens (tertiary/aromatic N) is 1. The molecule has 180 valence electrons. The zero-order valence-corrected chi connectivity index (χ0v) is 19.4. The van der Waals surface area contributed by atoms with E-state index in [0.717, 1.165) is 6.42 Å². The van der Waals surface area contributed by atoms with Gasteiger partial charge in [-0.3, -0.25) is 0 Å². The van der Waals surface area contributed by atoms with Gasteiger partial charge in [-0.05, 0) is 36.6 Å². The van der Waals surface area contributed by atoms with Crippen molar-refractivity contribution in [1.82, 2.24) is 9.62 Å². The van der Waals surface area contributed by atoms with Gasteiger partial charge in [-0.25, -0.2) is 13.2 Å². The molecule has 1 aromatic carbocycles. The number of aliphatic hydroxyl groups excluding tert-OH is 1. The Bertz CT molecular complexity index is 861. The molecule has 2 heterocycles. The van der Waals surface area contributed by atoms with E-state index in [1.54, 1.807) is 12.1 Å². The lowest BCUT2D eigenvalue weighted by Gasteiger charge is -2.26. The van der Waals surface area contributed by atoms with E-state index in [2.05, 4.69) is 5.32 Å². The second-order valence-corrected chi connectivity index (χ2v) is 10.3. The van der Waals surface area contributed by atoms with Gasteiger partial charge in [0.25, 0.3) is 0 Å². The standard InChI is InChI=1S/C21H32N2O8S/c1-14(2)11-23(32(26,27)17-6-4-16(28-3)5-7-17)12-15(24)10-22-21(25)31-19-13-30-20-18(19)8-9-29-20/h4-7,14-15,18-20,24H,8-13H2,1-3H3,(H,22,25)/t15-,18-,19-,20+/m0/s1.